The van der Waals surface area contributed by atoms with Gasteiger partial charge in [-0.2, -0.15) is 27.0 Å². The zero-order valence-electron chi connectivity index (χ0n) is 3.83. The van der Waals surface area contributed by atoms with E-state index < -0.39 is 0 Å². The van der Waals surface area contributed by atoms with Gasteiger partial charge in [-0.1, -0.05) is 29.7 Å². The lowest BCUT2D eigenvalue weighted by molar-refractivity contribution is 2.13. The van der Waals surface area contributed by atoms with Crippen molar-refractivity contribution in [1.29, 1.82) is 0 Å². The SMILES string of the molecule is C.C.C.C.N.N.N.N.S.S.[2HH]. The summed E-state index contributed by atoms with van der Waals surface area (Å²) in [5.74, 6) is 0. The third kappa shape index (κ3) is 1660. The summed E-state index contributed by atoms with van der Waals surface area (Å²) in [7, 11) is 0. The highest BCUT2D eigenvalue weighted by Crippen LogP contribution is 0.649. The molecule has 0 aliphatic rings. The molecule has 0 aliphatic carbocycles. The quantitative estimate of drug-likeness (QED) is 0.476. The first-order valence-corrected chi connectivity index (χ1v) is 0. The van der Waals surface area contributed by atoms with E-state index in [0.717, 1.165) is 0 Å². The minimum absolute atomic E-state index is 0. The highest BCUT2D eigenvalue weighted by molar-refractivity contribution is 7.59. The highest BCUT2D eigenvalue weighted by atomic mass is 32.1. The molecule has 0 radical (unpaired) electrons. The van der Waals surface area contributed by atoms with Crippen molar-refractivity contribution in [3.8, 4) is 0 Å². The van der Waals surface area contributed by atoms with Gasteiger partial charge in [0.25, 0.3) is 0 Å². The zero-order chi connectivity index (χ0) is 0. The van der Waals surface area contributed by atoms with Crippen LogP contribution < -0.4 is 24.6 Å². The second-order valence-corrected chi connectivity index (χ2v) is 0. The van der Waals surface area contributed by atoms with Gasteiger partial charge in [-0.05, 0) is 0 Å². The molecule has 0 atom stereocenters. The Hall–Kier alpha value is 0.540. The molecule has 0 aromatic heterocycles. The predicted molar refractivity (Wildman–Crippen MR) is 69.9 cm³/mol. The third-order valence-electron chi connectivity index (χ3n) is 0. The Balaban J connectivity index is 0. The Bertz CT molecular complexity index is 20.1. The molecule has 0 aromatic rings. The maximum atomic E-state index is 0. The largest absolute Gasteiger partial charge is 0.344 e. The summed E-state index contributed by atoms with van der Waals surface area (Å²) in [5.41, 5.74) is 0. The zero-order valence-corrected chi connectivity index (χ0v) is 5.83. The maximum absolute atomic E-state index is 0. The van der Waals surface area contributed by atoms with Crippen LogP contribution in [0.2, 0.25) is 0 Å². The monoisotopic (exact) mass is 203 g/mol. The van der Waals surface area contributed by atoms with E-state index in [2.05, 4.69) is 0 Å². The predicted octanol–water partition coefficient (Wildman–Crippen LogP) is 3.66. The summed E-state index contributed by atoms with van der Waals surface area (Å²) in [6, 6.07) is 0. The van der Waals surface area contributed by atoms with Crippen LogP contribution in [0.1, 0.15) is 31.1 Å². The van der Waals surface area contributed by atoms with Crippen LogP contribution in [-0.4, -0.2) is 0 Å². The van der Waals surface area contributed by atoms with Gasteiger partial charge in [0.1, 0.15) is 0 Å². The van der Waals surface area contributed by atoms with Gasteiger partial charge in [0.15, 0.2) is 0 Å². The minimum Gasteiger partial charge on any atom is -0.344 e. The van der Waals surface area contributed by atoms with Crippen LogP contribution in [0.4, 0.5) is 0 Å². The van der Waals surface area contributed by atoms with E-state index in [1.165, 1.54) is 0 Å². The fraction of sp³-hybridized carbons (Fsp3) is 1.00. The first-order valence-electron chi connectivity index (χ1n) is 0. The smallest absolute Gasteiger partial charge is 0 e. The molecular weight excluding hydrogens is 168 g/mol. The Morgan fingerprint density at radius 1 is 0.400 bits per heavy atom. The van der Waals surface area contributed by atoms with E-state index in [-0.39, 0.29) is 82.7 Å². The van der Waals surface area contributed by atoms with Crippen molar-refractivity contribution < 1.29 is 1.43 Å². The third-order valence-corrected chi connectivity index (χ3v) is 0. The molecule has 0 unspecified atom stereocenters. The second-order valence-electron chi connectivity index (χ2n) is 0. The van der Waals surface area contributed by atoms with Crippen LogP contribution in [0.15, 0.2) is 0 Å². The first kappa shape index (κ1) is 3290. The first-order chi connectivity index (χ1) is 0. The van der Waals surface area contributed by atoms with E-state index in [1.807, 2.05) is 0 Å². The molecule has 4 nitrogen and oxygen atoms in total. The Morgan fingerprint density at radius 2 is 0.400 bits per heavy atom. The summed E-state index contributed by atoms with van der Waals surface area (Å²) < 4.78 is 0. The van der Waals surface area contributed by atoms with Crippen molar-refractivity contribution in [2.24, 2.45) is 0 Å². The van der Waals surface area contributed by atoms with E-state index >= 15 is 0 Å². The van der Waals surface area contributed by atoms with E-state index in [9.17, 15) is 0 Å². The fourth-order valence-electron chi connectivity index (χ4n) is 0. The lowest BCUT2D eigenvalue weighted by Crippen LogP contribution is -0.482. The molecule has 10 heavy (non-hydrogen) atoms. The van der Waals surface area contributed by atoms with Gasteiger partial charge < -0.3 is 24.6 Å². The average Bonchev–Trinajstić information content (AvgIpc) is 0. The van der Waals surface area contributed by atoms with Gasteiger partial charge in [0.05, 0.1) is 0 Å². The van der Waals surface area contributed by atoms with Crippen molar-refractivity contribution in [3.63, 3.8) is 0 Å². The molecule has 82 valence electrons. The van der Waals surface area contributed by atoms with Gasteiger partial charge in [-0.3, -0.25) is 0 Å². The molecule has 0 saturated carbocycles. The second kappa shape index (κ2) is 2390. The topological polar surface area (TPSA) is 140 Å². The molecule has 0 heterocycles. The van der Waals surface area contributed by atoms with Crippen LogP contribution in [0, 0.1) is 0 Å². The van der Waals surface area contributed by atoms with Crippen LogP contribution >= 0.6 is 27.0 Å². The fourth-order valence-corrected chi connectivity index (χ4v) is 0. The van der Waals surface area contributed by atoms with Crippen LogP contribution in [0.3, 0.4) is 0 Å². The van der Waals surface area contributed by atoms with Crippen LogP contribution in [0.5, 0.6) is 0 Å². The summed E-state index contributed by atoms with van der Waals surface area (Å²) in [5, 5.41) is 0. The molecule has 0 saturated heterocycles. The number of rotatable bonds is 0. The van der Waals surface area contributed by atoms with Crippen molar-refractivity contribution in [2.45, 2.75) is 29.7 Å². The van der Waals surface area contributed by atoms with Crippen molar-refractivity contribution in [3.05, 3.63) is 0 Å². The molecule has 0 rings (SSSR count). The molecule has 0 amide bonds. The van der Waals surface area contributed by atoms with Gasteiger partial charge >= 0.3 is 0 Å². The van der Waals surface area contributed by atoms with Gasteiger partial charge in [-0.25, -0.2) is 0 Å². The summed E-state index contributed by atoms with van der Waals surface area (Å²) in [4.78, 5) is 0. The highest BCUT2D eigenvalue weighted by Gasteiger charge is -0.0744. The molecule has 6 heteroatoms. The number of hydrogen-bond acceptors (Lipinski definition) is 4. The summed E-state index contributed by atoms with van der Waals surface area (Å²) >= 11 is 0. The minimum atomic E-state index is 0. The molecule has 0 bridgehead atoms. The Kier molecular flexibility index (Phi) is 785000. The van der Waals surface area contributed by atoms with E-state index in [1.54, 1.807) is 0 Å². The Labute approximate surface area is 83.3 Å². The van der Waals surface area contributed by atoms with Crippen molar-refractivity contribution in [1.82, 2.24) is 24.6 Å². The maximum Gasteiger partial charge on any atom is 0 e. The summed E-state index contributed by atoms with van der Waals surface area (Å²) in [6.45, 7) is 0. The van der Waals surface area contributed by atoms with Crippen molar-refractivity contribution in [2.75, 3.05) is 0 Å². The molecule has 0 aliphatic heterocycles. The normalized spacial score (nSPS) is 0. The Morgan fingerprint density at radius 3 is 0.400 bits per heavy atom. The van der Waals surface area contributed by atoms with Crippen molar-refractivity contribution >= 4 is 27.0 Å². The van der Waals surface area contributed by atoms with Crippen LogP contribution in [-0.2, 0) is 0 Å². The van der Waals surface area contributed by atoms with Crippen LogP contribution in [0.25, 0.3) is 0 Å². The molecule has 0 fully saturated rings. The lowest BCUT2D eigenvalue weighted by Gasteiger charge is -0.345. The molecule has 12 N–H and O–H groups in total. The standard InChI is InChI=1S/4CH4.4H3N.2H2S.H2/h4*1H4;4*1H3;2*1H2;1H/i;;;;;;;;;;1+1. The molecular formula is C4H34N4S2. The van der Waals surface area contributed by atoms with Gasteiger partial charge in [0.2, 0.25) is 0 Å². The lowest BCUT2D eigenvalue weighted by atomic mass is 12.0. The molecule has 0 aromatic carbocycles. The van der Waals surface area contributed by atoms with E-state index in [4.69, 9.17) is 0 Å². The van der Waals surface area contributed by atoms with Gasteiger partial charge in [-0.15, -0.1) is 0 Å². The van der Waals surface area contributed by atoms with Gasteiger partial charge in [0, 0.05) is 1.43 Å². The molecule has 0 spiro atoms. The number of hydrogen-bond donors (Lipinski definition) is 4. The average molecular weight is 203 g/mol. The summed E-state index contributed by atoms with van der Waals surface area (Å²) in [6.07, 6.45) is 0. The van der Waals surface area contributed by atoms with E-state index in [0.29, 0.717) is 0 Å².